The number of hydrogen-bond donors (Lipinski definition) is 4. The zero-order valence-corrected chi connectivity index (χ0v) is 11.9. The van der Waals surface area contributed by atoms with Crippen molar-refractivity contribution in [1.82, 2.24) is 21.3 Å². The van der Waals surface area contributed by atoms with Crippen LogP contribution in [-0.4, -0.2) is 53.7 Å². The van der Waals surface area contributed by atoms with Crippen molar-refractivity contribution in [1.29, 1.82) is 0 Å². The fraction of sp³-hybridized carbons (Fsp3) is 0.500. The van der Waals surface area contributed by atoms with Gasteiger partial charge in [-0.15, -0.1) is 0 Å². The molecule has 0 aromatic heterocycles. The average Bonchev–Trinajstić information content (AvgIpc) is 2.43. The Labute approximate surface area is 108 Å². The van der Waals surface area contributed by atoms with E-state index in [1.807, 2.05) is 28.2 Å². The lowest BCUT2D eigenvalue weighted by Crippen LogP contribution is -2.41. The summed E-state index contributed by atoms with van der Waals surface area (Å²) >= 11 is 0. The van der Waals surface area contributed by atoms with E-state index in [4.69, 9.17) is 0 Å². The highest BCUT2D eigenvalue weighted by molar-refractivity contribution is 6.27. The lowest BCUT2D eigenvalue weighted by Gasteiger charge is -2.28. The molecule has 0 aliphatic heterocycles. The zero-order chi connectivity index (χ0) is 13.7. The topological polar surface area (TPSA) is 72.8 Å². The van der Waals surface area contributed by atoms with E-state index in [0.29, 0.717) is 0 Å². The van der Waals surface area contributed by atoms with Gasteiger partial charge in [0.25, 0.3) is 0 Å². The Balaban J connectivity index is 3.57. The van der Waals surface area contributed by atoms with Crippen LogP contribution < -0.4 is 21.3 Å². The van der Waals surface area contributed by atoms with E-state index in [1.54, 1.807) is 14.1 Å². The molecular weight excluding hydrogens is 228 g/mol. The summed E-state index contributed by atoms with van der Waals surface area (Å²) in [7, 11) is 11.1. The summed E-state index contributed by atoms with van der Waals surface area (Å²) in [5.74, 6) is 0. The molecule has 0 fully saturated rings. The second-order valence-corrected chi connectivity index (χ2v) is 3.64. The predicted molar refractivity (Wildman–Crippen MR) is 77.0 cm³/mol. The summed E-state index contributed by atoms with van der Waals surface area (Å²) in [6, 6.07) is 0. The van der Waals surface area contributed by atoms with Crippen molar-refractivity contribution in [2.45, 2.75) is 0 Å². The molecule has 0 aromatic carbocycles. The van der Waals surface area contributed by atoms with Crippen LogP contribution in [0.1, 0.15) is 0 Å². The number of nitrogens with one attached hydrogen (secondary N) is 4. The molecule has 0 heterocycles. The van der Waals surface area contributed by atoms with Gasteiger partial charge in [-0.1, -0.05) is 0 Å². The molecule has 0 atom stereocenters. The molecule has 1 aliphatic rings. The molecule has 0 unspecified atom stereocenters. The summed E-state index contributed by atoms with van der Waals surface area (Å²) in [6.45, 7) is 0. The van der Waals surface area contributed by atoms with Crippen molar-refractivity contribution in [2.24, 2.45) is 9.98 Å². The van der Waals surface area contributed by atoms with Crippen molar-refractivity contribution in [3.63, 3.8) is 0 Å². The Kier molecular flexibility index (Phi) is 4.76. The minimum Gasteiger partial charge on any atom is -0.385 e. The van der Waals surface area contributed by atoms with Gasteiger partial charge in [-0.05, 0) is 0 Å². The van der Waals surface area contributed by atoms with Crippen LogP contribution in [0.3, 0.4) is 0 Å². The summed E-state index contributed by atoms with van der Waals surface area (Å²) in [5.41, 5.74) is 5.49. The molecule has 6 heteroatoms. The molecule has 6 nitrogen and oxygen atoms in total. The Morgan fingerprint density at radius 3 is 0.889 bits per heavy atom. The van der Waals surface area contributed by atoms with Crippen LogP contribution in [0.2, 0.25) is 0 Å². The Morgan fingerprint density at radius 2 is 0.778 bits per heavy atom. The van der Waals surface area contributed by atoms with Gasteiger partial charge in [0.05, 0.1) is 22.8 Å². The van der Waals surface area contributed by atoms with Gasteiger partial charge in [0.1, 0.15) is 11.4 Å². The van der Waals surface area contributed by atoms with Crippen LogP contribution in [-0.2, 0) is 0 Å². The minimum absolute atomic E-state index is 0.876. The van der Waals surface area contributed by atoms with E-state index >= 15 is 0 Å². The first kappa shape index (κ1) is 14.1. The minimum atomic E-state index is 0.876. The summed E-state index contributed by atoms with van der Waals surface area (Å²) in [4.78, 5) is 8.72. The molecule has 4 N–H and O–H groups in total. The number of rotatable bonds is 4. The maximum atomic E-state index is 4.36. The second-order valence-electron chi connectivity index (χ2n) is 3.64. The Hall–Kier alpha value is -1.98. The van der Waals surface area contributed by atoms with E-state index in [2.05, 4.69) is 31.3 Å². The third kappa shape index (κ3) is 2.05. The van der Waals surface area contributed by atoms with Gasteiger partial charge in [0, 0.05) is 42.3 Å². The van der Waals surface area contributed by atoms with Crippen LogP contribution in [0.5, 0.6) is 0 Å². The van der Waals surface area contributed by atoms with E-state index in [9.17, 15) is 0 Å². The largest absolute Gasteiger partial charge is 0.385 e. The highest BCUT2D eigenvalue weighted by Crippen LogP contribution is 2.20. The monoisotopic (exact) mass is 250 g/mol. The molecule has 1 aliphatic carbocycles. The van der Waals surface area contributed by atoms with Gasteiger partial charge in [-0.2, -0.15) is 0 Å². The Bertz CT molecular complexity index is 367. The second kappa shape index (κ2) is 6.09. The van der Waals surface area contributed by atoms with Gasteiger partial charge in [-0.25, -0.2) is 0 Å². The fourth-order valence-corrected chi connectivity index (χ4v) is 2.14. The first-order chi connectivity index (χ1) is 8.69. The molecule has 0 spiro atoms. The van der Waals surface area contributed by atoms with Crippen LogP contribution >= 0.6 is 0 Å². The highest BCUT2D eigenvalue weighted by Gasteiger charge is 2.29. The van der Waals surface area contributed by atoms with Crippen molar-refractivity contribution < 1.29 is 0 Å². The standard InChI is InChI=1S/C12H22N6/c1-13-7-8(14-2)10(16-4)12(18-6)11(17-5)9(7)15-3/h13-14,17-18H,1-6H3. The molecule has 18 heavy (non-hydrogen) atoms. The number of aliphatic imine (C=N–C) groups is 2. The third-order valence-electron chi connectivity index (χ3n) is 2.89. The van der Waals surface area contributed by atoms with Gasteiger partial charge in [0.15, 0.2) is 0 Å². The molecule has 0 aromatic rings. The fourth-order valence-electron chi connectivity index (χ4n) is 2.14. The van der Waals surface area contributed by atoms with E-state index < -0.39 is 0 Å². The van der Waals surface area contributed by atoms with Crippen LogP contribution in [0.4, 0.5) is 0 Å². The number of hydrogen-bond acceptors (Lipinski definition) is 6. The van der Waals surface area contributed by atoms with Crippen LogP contribution in [0.15, 0.2) is 32.8 Å². The van der Waals surface area contributed by atoms with E-state index in [1.165, 1.54) is 0 Å². The van der Waals surface area contributed by atoms with Gasteiger partial charge >= 0.3 is 0 Å². The molecule has 0 bridgehead atoms. The molecule has 0 saturated carbocycles. The molecule has 0 radical (unpaired) electrons. The SMILES string of the molecule is CN=C1C(NC)=C(NC)C(=NC)C(NC)=C1NC. The quantitative estimate of drug-likeness (QED) is 0.505. The van der Waals surface area contributed by atoms with Gasteiger partial charge in [-0.3, -0.25) is 9.98 Å². The normalized spacial score (nSPS) is 15.7. The summed E-state index contributed by atoms with van der Waals surface area (Å²) in [6.07, 6.45) is 0. The third-order valence-corrected chi connectivity index (χ3v) is 2.89. The Morgan fingerprint density at radius 1 is 0.556 bits per heavy atom. The molecule has 1 rings (SSSR count). The van der Waals surface area contributed by atoms with Crippen molar-refractivity contribution in [3.05, 3.63) is 22.8 Å². The summed E-state index contributed by atoms with van der Waals surface area (Å²) in [5, 5.41) is 12.7. The first-order valence-corrected chi connectivity index (χ1v) is 5.84. The molecule has 0 saturated heterocycles. The molecule has 100 valence electrons. The lowest BCUT2D eigenvalue weighted by molar-refractivity contribution is 0.897. The lowest BCUT2D eigenvalue weighted by atomic mass is 9.97. The first-order valence-electron chi connectivity index (χ1n) is 5.84. The smallest absolute Gasteiger partial charge is 0.108 e. The molecule has 0 amide bonds. The van der Waals surface area contributed by atoms with E-state index in [0.717, 1.165) is 34.2 Å². The average molecular weight is 250 g/mol. The van der Waals surface area contributed by atoms with E-state index in [-0.39, 0.29) is 0 Å². The van der Waals surface area contributed by atoms with Gasteiger partial charge in [0.2, 0.25) is 0 Å². The maximum Gasteiger partial charge on any atom is 0.108 e. The maximum absolute atomic E-state index is 4.36. The van der Waals surface area contributed by atoms with Crippen molar-refractivity contribution in [2.75, 3.05) is 42.3 Å². The number of nitrogens with zero attached hydrogens (tertiary/aromatic N) is 2. The van der Waals surface area contributed by atoms with Gasteiger partial charge < -0.3 is 21.3 Å². The highest BCUT2D eigenvalue weighted by atomic mass is 15.0. The van der Waals surface area contributed by atoms with Crippen LogP contribution in [0.25, 0.3) is 0 Å². The molecular formula is C12H22N6. The summed E-state index contributed by atoms with van der Waals surface area (Å²) < 4.78 is 0. The predicted octanol–water partition coefficient (Wildman–Crippen LogP) is -0.558. The van der Waals surface area contributed by atoms with Crippen molar-refractivity contribution >= 4 is 11.4 Å². The zero-order valence-electron chi connectivity index (χ0n) is 11.9. The van der Waals surface area contributed by atoms with Crippen LogP contribution in [0, 0.1) is 0 Å². The van der Waals surface area contributed by atoms with Crippen molar-refractivity contribution in [3.8, 4) is 0 Å².